The molecule has 26 heavy (non-hydrogen) atoms. The van der Waals surface area contributed by atoms with Gasteiger partial charge in [0.25, 0.3) is 5.91 Å². The Morgan fingerprint density at radius 3 is 2.58 bits per heavy atom. The molecule has 0 aliphatic heterocycles. The van der Waals surface area contributed by atoms with Crippen molar-refractivity contribution in [1.82, 2.24) is 4.57 Å². The fraction of sp³-hybridized carbons (Fsp3) is 0.0952. The summed E-state index contributed by atoms with van der Waals surface area (Å²) in [5, 5.41) is 0.963. The van der Waals surface area contributed by atoms with Gasteiger partial charge in [-0.2, -0.15) is 0 Å². The van der Waals surface area contributed by atoms with E-state index in [0.717, 1.165) is 10.9 Å². The van der Waals surface area contributed by atoms with Crippen LogP contribution in [0.4, 0.5) is 10.1 Å². The maximum atomic E-state index is 14.4. The van der Waals surface area contributed by atoms with Crippen LogP contribution in [0.1, 0.15) is 16.2 Å². The highest BCUT2D eigenvalue weighted by Crippen LogP contribution is 2.26. The molecule has 130 valence electrons. The van der Waals surface area contributed by atoms with Crippen molar-refractivity contribution in [3.63, 3.8) is 0 Å². The number of para-hydroxylation sites is 2. The van der Waals surface area contributed by atoms with Crippen LogP contribution in [-0.2, 0) is 13.6 Å². The molecule has 4 rings (SSSR count). The summed E-state index contributed by atoms with van der Waals surface area (Å²) in [7, 11) is 1.84. The molecule has 0 aliphatic rings. The maximum Gasteiger partial charge on any atom is 0.275 e. The van der Waals surface area contributed by atoms with Crippen LogP contribution in [0.2, 0.25) is 0 Å². The van der Waals surface area contributed by atoms with E-state index in [0.29, 0.717) is 11.5 Å². The topological polar surface area (TPSA) is 38.4 Å². The van der Waals surface area contributed by atoms with E-state index in [2.05, 4.69) is 0 Å². The highest BCUT2D eigenvalue weighted by atomic mass is 19.1. The van der Waals surface area contributed by atoms with Gasteiger partial charge >= 0.3 is 0 Å². The van der Waals surface area contributed by atoms with Crippen molar-refractivity contribution < 1.29 is 13.6 Å². The molecule has 4 aromatic rings. The number of benzene rings is 2. The number of halogens is 1. The van der Waals surface area contributed by atoms with Crippen molar-refractivity contribution in [2.45, 2.75) is 6.54 Å². The Kier molecular flexibility index (Phi) is 4.05. The van der Waals surface area contributed by atoms with Gasteiger partial charge in [0, 0.05) is 18.0 Å². The van der Waals surface area contributed by atoms with E-state index in [1.807, 2.05) is 41.9 Å². The van der Waals surface area contributed by atoms with Crippen LogP contribution in [0.5, 0.6) is 0 Å². The molecule has 0 N–H and O–H groups in total. The third-order valence-corrected chi connectivity index (χ3v) is 4.45. The number of fused-ring (bicyclic) bond motifs is 1. The van der Waals surface area contributed by atoms with E-state index in [1.165, 1.54) is 17.2 Å². The fourth-order valence-corrected chi connectivity index (χ4v) is 3.13. The predicted octanol–water partition coefficient (Wildman–Crippen LogP) is 4.76. The molecule has 2 aromatic heterocycles. The molecular weight excluding hydrogens is 331 g/mol. The molecule has 0 saturated carbocycles. The number of rotatable bonds is 4. The first-order valence-corrected chi connectivity index (χ1v) is 8.28. The Bertz CT molecular complexity index is 1070. The summed E-state index contributed by atoms with van der Waals surface area (Å²) in [4.78, 5) is 14.7. The first-order valence-electron chi connectivity index (χ1n) is 8.28. The summed E-state index contributed by atoms with van der Waals surface area (Å²) in [5.74, 6) is -0.156. The van der Waals surface area contributed by atoms with Crippen LogP contribution in [-0.4, -0.2) is 10.5 Å². The van der Waals surface area contributed by atoms with Gasteiger partial charge in [-0.25, -0.2) is 4.39 Å². The molecule has 0 spiro atoms. The normalized spacial score (nSPS) is 11.0. The summed E-state index contributed by atoms with van der Waals surface area (Å²) in [6.45, 7) is 0.147. The zero-order chi connectivity index (χ0) is 18.1. The third-order valence-electron chi connectivity index (χ3n) is 4.45. The average Bonchev–Trinajstić information content (AvgIpc) is 3.28. The highest BCUT2D eigenvalue weighted by molar-refractivity contribution is 6.07. The van der Waals surface area contributed by atoms with E-state index >= 15 is 0 Å². The molecule has 0 unspecified atom stereocenters. The van der Waals surface area contributed by atoms with Gasteiger partial charge in [-0.3, -0.25) is 9.69 Å². The Labute approximate surface area is 150 Å². The smallest absolute Gasteiger partial charge is 0.275 e. The minimum absolute atomic E-state index is 0.147. The Morgan fingerprint density at radius 2 is 1.85 bits per heavy atom. The largest absolute Gasteiger partial charge is 0.467 e. The molecule has 0 atom stereocenters. The van der Waals surface area contributed by atoms with Crippen LogP contribution in [0.25, 0.3) is 10.9 Å². The lowest BCUT2D eigenvalue weighted by Crippen LogP contribution is -2.32. The Hall–Kier alpha value is -3.34. The summed E-state index contributed by atoms with van der Waals surface area (Å²) >= 11 is 0. The van der Waals surface area contributed by atoms with E-state index in [1.54, 1.807) is 30.3 Å². The van der Waals surface area contributed by atoms with Gasteiger partial charge in [-0.1, -0.05) is 30.3 Å². The summed E-state index contributed by atoms with van der Waals surface area (Å²) in [6, 6.07) is 19.3. The lowest BCUT2D eigenvalue weighted by molar-refractivity contribution is 0.0975. The maximum absolute atomic E-state index is 14.4. The SMILES string of the molecule is Cn1c(C(=O)N(Cc2ccco2)c2ccccc2F)cc2ccccc21. The third kappa shape index (κ3) is 2.77. The van der Waals surface area contributed by atoms with Crippen molar-refractivity contribution in [3.05, 3.63) is 90.3 Å². The van der Waals surface area contributed by atoms with Crippen LogP contribution in [0.3, 0.4) is 0 Å². The van der Waals surface area contributed by atoms with E-state index in [4.69, 9.17) is 4.42 Å². The van der Waals surface area contributed by atoms with Gasteiger partial charge < -0.3 is 8.98 Å². The molecule has 0 aliphatic carbocycles. The number of furan rings is 1. The minimum Gasteiger partial charge on any atom is -0.467 e. The molecule has 0 bridgehead atoms. The Balaban J connectivity index is 1.81. The van der Waals surface area contributed by atoms with Crippen LogP contribution in [0.15, 0.2) is 77.4 Å². The summed E-state index contributed by atoms with van der Waals surface area (Å²) in [5.41, 5.74) is 1.66. The molecule has 1 amide bonds. The van der Waals surface area contributed by atoms with Crippen molar-refractivity contribution in [2.24, 2.45) is 7.05 Å². The second-order valence-corrected chi connectivity index (χ2v) is 6.07. The molecule has 0 radical (unpaired) electrons. The number of carbonyl (C=O) groups is 1. The van der Waals surface area contributed by atoms with Crippen molar-refractivity contribution in [2.75, 3.05) is 4.90 Å². The molecule has 2 aromatic carbocycles. The second-order valence-electron chi connectivity index (χ2n) is 6.07. The van der Waals surface area contributed by atoms with Crippen molar-refractivity contribution in [3.8, 4) is 0 Å². The number of carbonyl (C=O) groups excluding carboxylic acids is 1. The van der Waals surface area contributed by atoms with Crippen LogP contribution < -0.4 is 4.90 Å². The minimum atomic E-state index is -0.453. The summed E-state index contributed by atoms with van der Waals surface area (Å²) in [6.07, 6.45) is 1.54. The zero-order valence-corrected chi connectivity index (χ0v) is 14.2. The number of aryl methyl sites for hydroxylation is 1. The molecule has 5 heteroatoms. The number of hydrogen-bond donors (Lipinski definition) is 0. The number of hydrogen-bond acceptors (Lipinski definition) is 2. The highest BCUT2D eigenvalue weighted by Gasteiger charge is 2.24. The number of aromatic nitrogens is 1. The van der Waals surface area contributed by atoms with Gasteiger partial charge in [-0.05, 0) is 36.4 Å². The fourth-order valence-electron chi connectivity index (χ4n) is 3.13. The van der Waals surface area contributed by atoms with Crippen LogP contribution in [0, 0.1) is 5.82 Å². The Morgan fingerprint density at radius 1 is 1.08 bits per heavy atom. The predicted molar refractivity (Wildman–Crippen MR) is 98.5 cm³/mol. The standard InChI is InChI=1S/C21H17FN2O2/c1-23-18-10-4-2-7-15(18)13-20(23)21(25)24(14-16-8-6-12-26-16)19-11-5-3-9-17(19)22/h2-13H,14H2,1H3. The first kappa shape index (κ1) is 16.1. The van der Waals surface area contributed by atoms with Gasteiger partial charge in [0.1, 0.15) is 17.3 Å². The number of anilines is 1. The van der Waals surface area contributed by atoms with E-state index in [-0.39, 0.29) is 18.1 Å². The van der Waals surface area contributed by atoms with Gasteiger partial charge in [0.2, 0.25) is 0 Å². The van der Waals surface area contributed by atoms with Crippen LogP contribution >= 0.6 is 0 Å². The first-order chi connectivity index (χ1) is 12.6. The second kappa shape index (κ2) is 6.52. The number of nitrogens with zero attached hydrogens (tertiary/aromatic N) is 2. The van der Waals surface area contributed by atoms with Gasteiger partial charge in [0.15, 0.2) is 0 Å². The van der Waals surface area contributed by atoms with E-state index < -0.39 is 5.82 Å². The van der Waals surface area contributed by atoms with Crippen molar-refractivity contribution >= 4 is 22.5 Å². The lowest BCUT2D eigenvalue weighted by Gasteiger charge is -2.22. The van der Waals surface area contributed by atoms with Gasteiger partial charge in [-0.15, -0.1) is 0 Å². The quantitative estimate of drug-likeness (QED) is 0.533. The summed E-state index contributed by atoms with van der Waals surface area (Å²) < 4.78 is 21.6. The molecule has 2 heterocycles. The van der Waals surface area contributed by atoms with Crippen molar-refractivity contribution in [1.29, 1.82) is 0 Å². The van der Waals surface area contributed by atoms with E-state index in [9.17, 15) is 9.18 Å². The monoisotopic (exact) mass is 348 g/mol. The number of amides is 1. The molecule has 0 fully saturated rings. The van der Waals surface area contributed by atoms with Gasteiger partial charge in [0.05, 0.1) is 18.5 Å². The molecular formula is C21H17FN2O2. The zero-order valence-electron chi connectivity index (χ0n) is 14.2. The molecule has 4 nitrogen and oxygen atoms in total. The lowest BCUT2D eigenvalue weighted by atomic mass is 10.2. The average molecular weight is 348 g/mol. The molecule has 0 saturated heterocycles.